The number of fused-ring (bicyclic) bond motifs is 1. The highest BCUT2D eigenvalue weighted by molar-refractivity contribution is 7.12. The van der Waals surface area contributed by atoms with Crippen LogP contribution in [0.15, 0.2) is 52.9 Å². The fraction of sp³-hybridized carbons (Fsp3) is 0.0588. The molecule has 2 aromatic carbocycles. The summed E-state index contributed by atoms with van der Waals surface area (Å²) in [5.74, 6) is -0.118. The maximum absolute atomic E-state index is 11.9. The van der Waals surface area contributed by atoms with E-state index in [0.717, 1.165) is 16.3 Å². The standard InChI is InChI=1S/C17H14N2O2S/c1-11-6-7-22-16(11)17(21)19-18-10-14-8-12-4-2-3-5-13(12)9-15(14)20/h2-10,20H,1H3,(H,19,21)/b18-10+. The molecule has 1 amide bonds. The van der Waals surface area contributed by atoms with E-state index in [-0.39, 0.29) is 11.7 Å². The molecule has 0 aliphatic heterocycles. The van der Waals surface area contributed by atoms with E-state index in [1.54, 1.807) is 6.07 Å². The predicted octanol–water partition coefficient (Wildman–Crippen LogP) is 3.68. The Bertz CT molecular complexity index is 868. The lowest BCUT2D eigenvalue weighted by atomic mass is 10.1. The van der Waals surface area contributed by atoms with Gasteiger partial charge in [-0.25, -0.2) is 5.43 Å². The van der Waals surface area contributed by atoms with Crippen molar-refractivity contribution in [3.63, 3.8) is 0 Å². The molecule has 0 radical (unpaired) electrons. The molecule has 3 aromatic rings. The lowest BCUT2D eigenvalue weighted by Gasteiger charge is -2.03. The van der Waals surface area contributed by atoms with Crippen molar-refractivity contribution in [2.75, 3.05) is 0 Å². The number of nitrogens with zero attached hydrogens (tertiary/aromatic N) is 1. The Morgan fingerprint density at radius 3 is 2.64 bits per heavy atom. The summed E-state index contributed by atoms with van der Waals surface area (Å²) in [6.07, 6.45) is 1.45. The quantitative estimate of drug-likeness (QED) is 0.572. The van der Waals surface area contributed by atoms with E-state index < -0.39 is 0 Å². The molecule has 1 heterocycles. The van der Waals surface area contributed by atoms with E-state index >= 15 is 0 Å². The molecular formula is C17H14N2O2S. The van der Waals surface area contributed by atoms with Crippen LogP contribution in [-0.4, -0.2) is 17.2 Å². The fourth-order valence-corrected chi connectivity index (χ4v) is 2.98. The van der Waals surface area contributed by atoms with Gasteiger partial charge in [-0.3, -0.25) is 4.79 Å². The van der Waals surface area contributed by atoms with Crippen molar-refractivity contribution in [3.8, 4) is 5.75 Å². The Balaban J connectivity index is 1.79. The SMILES string of the molecule is Cc1ccsc1C(=O)N/N=C/c1cc2ccccc2cc1O. The minimum absolute atomic E-state index is 0.129. The van der Waals surface area contributed by atoms with Gasteiger partial charge >= 0.3 is 0 Å². The number of amides is 1. The number of aromatic hydroxyl groups is 1. The van der Waals surface area contributed by atoms with E-state index in [4.69, 9.17) is 0 Å². The highest BCUT2D eigenvalue weighted by Crippen LogP contribution is 2.23. The molecule has 0 fully saturated rings. The van der Waals surface area contributed by atoms with Crippen LogP contribution in [0.5, 0.6) is 5.75 Å². The van der Waals surface area contributed by atoms with Gasteiger partial charge in [-0.1, -0.05) is 24.3 Å². The Labute approximate surface area is 131 Å². The Morgan fingerprint density at radius 1 is 1.23 bits per heavy atom. The van der Waals surface area contributed by atoms with E-state index in [0.29, 0.717) is 10.4 Å². The van der Waals surface area contributed by atoms with Gasteiger partial charge in [0.1, 0.15) is 5.75 Å². The summed E-state index contributed by atoms with van der Waals surface area (Å²) in [7, 11) is 0. The molecule has 0 bridgehead atoms. The molecule has 0 spiro atoms. The second kappa shape index (κ2) is 5.99. The summed E-state index contributed by atoms with van der Waals surface area (Å²) in [4.78, 5) is 12.6. The zero-order chi connectivity index (χ0) is 15.5. The van der Waals surface area contributed by atoms with Gasteiger partial charge in [0.2, 0.25) is 0 Å². The van der Waals surface area contributed by atoms with Crippen LogP contribution in [0.25, 0.3) is 10.8 Å². The first-order chi connectivity index (χ1) is 10.6. The third-order valence-electron chi connectivity index (χ3n) is 3.33. The summed E-state index contributed by atoms with van der Waals surface area (Å²) < 4.78 is 0. The van der Waals surface area contributed by atoms with Crippen molar-refractivity contribution in [2.24, 2.45) is 5.10 Å². The minimum atomic E-state index is -0.246. The second-order valence-corrected chi connectivity index (χ2v) is 5.81. The summed E-state index contributed by atoms with van der Waals surface area (Å²) in [6.45, 7) is 1.88. The highest BCUT2D eigenvalue weighted by Gasteiger charge is 2.09. The molecule has 0 aliphatic carbocycles. The predicted molar refractivity (Wildman–Crippen MR) is 89.7 cm³/mol. The van der Waals surface area contributed by atoms with Gasteiger partial charge in [-0.15, -0.1) is 11.3 Å². The fourth-order valence-electron chi connectivity index (χ4n) is 2.17. The van der Waals surface area contributed by atoms with E-state index in [9.17, 15) is 9.90 Å². The number of carbonyl (C=O) groups excluding carboxylic acids is 1. The van der Waals surface area contributed by atoms with Crippen molar-refractivity contribution in [1.29, 1.82) is 0 Å². The number of carbonyl (C=O) groups is 1. The molecule has 2 N–H and O–H groups in total. The van der Waals surface area contributed by atoms with Crippen LogP contribution in [0.3, 0.4) is 0 Å². The number of nitrogens with one attached hydrogen (secondary N) is 1. The first-order valence-electron chi connectivity index (χ1n) is 6.74. The largest absolute Gasteiger partial charge is 0.507 e. The monoisotopic (exact) mass is 310 g/mol. The van der Waals surface area contributed by atoms with E-state index in [1.807, 2.05) is 48.7 Å². The third-order valence-corrected chi connectivity index (χ3v) is 4.35. The summed E-state index contributed by atoms with van der Waals surface area (Å²) in [5, 5.41) is 17.7. The number of phenolic OH excluding ortho intramolecular Hbond substituents is 1. The number of thiophene rings is 1. The first kappa shape index (κ1) is 14.3. The van der Waals surface area contributed by atoms with Gasteiger partial charge in [-0.2, -0.15) is 5.10 Å². The summed E-state index contributed by atoms with van der Waals surface area (Å²) in [5.41, 5.74) is 3.96. The first-order valence-corrected chi connectivity index (χ1v) is 7.62. The smallest absolute Gasteiger partial charge is 0.281 e. The van der Waals surface area contributed by atoms with Gasteiger partial charge < -0.3 is 5.11 Å². The topological polar surface area (TPSA) is 61.7 Å². The Hall–Kier alpha value is -2.66. The number of hydrogen-bond donors (Lipinski definition) is 2. The van der Waals surface area contributed by atoms with Crippen LogP contribution in [0, 0.1) is 6.92 Å². The highest BCUT2D eigenvalue weighted by atomic mass is 32.1. The van der Waals surface area contributed by atoms with Crippen LogP contribution in [0.2, 0.25) is 0 Å². The van der Waals surface area contributed by atoms with Gasteiger partial charge in [0.25, 0.3) is 5.91 Å². The summed E-state index contributed by atoms with van der Waals surface area (Å²) in [6, 6.07) is 13.1. The van der Waals surface area contributed by atoms with Crippen LogP contribution >= 0.6 is 11.3 Å². The minimum Gasteiger partial charge on any atom is -0.507 e. The maximum atomic E-state index is 11.9. The van der Waals surface area contributed by atoms with E-state index in [2.05, 4.69) is 10.5 Å². The van der Waals surface area contributed by atoms with Crippen molar-refractivity contribution in [3.05, 3.63) is 63.8 Å². The van der Waals surface area contributed by atoms with Crippen LogP contribution < -0.4 is 5.43 Å². The Morgan fingerprint density at radius 2 is 1.95 bits per heavy atom. The molecule has 4 nitrogen and oxygen atoms in total. The normalized spacial score (nSPS) is 11.1. The lowest BCUT2D eigenvalue weighted by Crippen LogP contribution is -2.17. The average molecular weight is 310 g/mol. The van der Waals surface area contributed by atoms with Gasteiger partial charge in [-0.05, 0) is 46.8 Å². The van der Waals surface area contributed by atoms with Gasteiger partial charge in [0, 0.05) is 5.56 Å². The second-order valence-electron chi connectivity index (χ2n) is 4.89. The van der Waals surface area contributed by atoms with Crippen molar-refractivity contribution in [2.45, 2.75) is 6.92 Å². The molecule has 0 unspecified atom stereocenters. The van der Waals surface area contributed by atoms with Crippen molar-refractivity contribution < 1.29 is 9.90 Å². The van der Waals surface area contributed by atoms with Crippen molar-refractivity contribution >= 4 is 34.2 Å². The zero-order valence-electron chi connectivity index (χ0n) is 11.9. The van der Waals surface area contributed by atoms with Crippen LogP contribution in [0.1, 0.15) is 20.8 Å². The van der Waals surface area contributed by atoms with Crippen LogP contribution in [0.4, 0.5) is 0 Å². The molecule has 0 saturated heterocycles. The lowest BCUT2D eigenvalue weighted by molar-refractivity contribution is 0.0958. The maximum Gasteiger partial charge on any atom is 0.281 e. The molecule has 22 heavy (non-hydrogen) atoms. The molecular weight excluding hydrogens is 296 g/mol. The number of rotatable bonds is 3. The molecule has 110 valence electrons. The van der Waals surface area contributed by atoms with Crippen LogP contribution in [-0.2, 0) is 0 Å². The molecule has 3 rings (SSSR count). The third kappa shape index (κ3) is 2.84. The number of hydrazone groups is 1. The molecule has 0 atom stereocenters. The van der Waals surface area contributed by atoms with Crippen molar-refractivity contribution in [1.82, 2.24) is 5.43 Å². The molecule has 0 saturated carbocycles. The number of hydrogen-bond acceptors (Lipinski definition) is 4. The molecule has 5 heteroatoms. The Kier molecular flexibility index (Phi) is 3.89. The van der Waals surface area contributed by atoms with E-state index in [1.165, 1.54) is 17.6 Å². The van der Waals surface area contributed by atoms with Gasteiger partial charge in [0.15, 0.2) is 0 Å². The van der Waals surface area contributed by atoms with Gasteiger partial charge in [0.05, 0.1) is 11.1 Å². The number of aryl methyl sites for hydroxylation is 1. The number of phenols is 1. The average Bonchev–Trinajstić information content (AvgIpc) is 2.94. The molecule has 1 aromatic heterocycles. The molecule has 0 aliphatic rings. The zero-order valence-corrected chi connectivity index (χ0v) is 12.7. The summed E-state index contributed by atoms with van der Waals surface area (Å²) >= 11 is 1.37. The number of benzene rings is 2.